The predicted octanol–water partition coefficient (Wildman–Crippen LogP) is 4.32. The second kappa shape index (κ2) is 10.0. The van der Waals surface area contributed by atoms with Crippen LogP contribution in [-0.2, 0) is 26.1 Å². The molecule has 0 saturated carbocycles. The van der Waals surface area contributed by atoms with E-state index in [1.54, 1.807) is 35.2 Å². The Morgan fingerprint density at radius 3 is 2.17 bits per heavy atom. The Morgan fingerprint density at radius 2 is 1.58 bits per heavy atom. The standard InChI is InChI=1S/C27H28N2O6S/c1-17(2)25(27(31)35-4)29-16-20-15-19(7-14-24(20)26(29)30)18-5-8-21(9-6-18)28-36(32,33)23-12-10-22(34-3)11-13-23/h5-15,17,25,28H,16H2,1-4H3/t25-/m0/s1. The molecule has 3 aromatic carbocycles. The van der Waals surface area contributed by atoms with Gasteiger partial charge in [-0.25, -0.2) is 13.2 Å². The fourth-order valence-corrected chi connectivity index (χ4v) is 5.39. The van der Waals surface area contributed by atoms with Crippen LogP contribution in [-0.4, -0.2) is 45.5 Å². The van der Waals surface area contributed by atoms with Crippen molar-refractivity contribution in [3.63, 3.8) is 0 Å². The zero-order valence-corrected chi connectivity index (χ0v) is 21.3. The van der Waals surface area contributed by atoms with Crippen LogP contribution in [0.15, 0.2) is 71.6 Å². The van der Waals surface area contributed by atoms with E-state index in [-0.39, 0.29) is 16.7 Å². The van der Waals surface area contributed by atoms with E-state index >= 15 is 0 Å². The van der Waals surface area contributed by atoms with Crippen LogP contribution < -0.4 is 9.46 Å². The summed E-state index contributed by atoms with van der Waals surface area (Å²) in [7, 11) is -0.907. The highest BCUT2D eigenvalue weighted by Crippen LogP contribution is 2.32. The van der Waals surface area contributed by atoms with E-state index in [0.29, 0.717) is 23.5 Å². The van der Waals surface area contributed by atoms with Gasteiger partial charge in [0.2, 0.25) is 0 Å². The molecule has 0 unspecified atom stereocenters. The minimum atomic E-state index is -3.75. The molecule has 1 heterocycles. The number of fused-ring (bicyclic) bond motifs is 1. The lowest BCUT2D eigenvalue weighted by Gasteiger charge is -2.28. The summed E-state index contributed by atoms with van der Waals surface area (Å²) in [4.78, 5) is 27.0. The summed E-state index contributed by atoms with van der Waals surface area (Å²) < 4.78 is 38.0. The molecule has 1 aliphatic heterocycles. The molecule has 0 aliphatic carbocycles. The number of sulfonamides is 1. The second-order valence-electron chi connectivity index (χ2n) is 8.88. The Hall–Kier alpha value is -3.85. The van der Waals surface area contributed by atoms with Gasteiger partial charge in [-0.05, 0) is 71.1 Å². The summed E-state index contributed by atoms with van der Waals surface area (Å²) in [5, 5.41) is 0. The van der Waals surface area contributed by atoms with Crippen LogP contribution in [0.25, 0.3) is 11.1 Å². The lowest BCUT2D eigenvalue weighted by molar-refractivity contribution is -0.147. The number of benzene rings is 3. The number of rotatable bonds is 8. The van der Waals surface area contributed by atoms with Gasteiger partial charge < -0.3 is 14.4 Å². The number of anilines is 1. The van der Waals surface area contributed by atoms with Gasteiger partial charge in [0, 0.05) is 17.8 Å². The number of nitrogens with zero attached hydrogens (tertiary/aromatic N) is 1. The molecule has 188 valence electrons. The van der Waals surface area contributed by atoms with Crippen molar-refractivity contribution in [2.45, 2.75) is 31.3 Å². The Kier molecular flexibility index (Phi) is 7.03. The van der Waals surface area contributed by atoms with Gasteiger partial charge >= 0.3 is 5.97 Å². The summed E-state index contributed by atoms with van der Waals surface area (Å²) in [6, 6.07) is 18.0. The highest BCUT2D eigenvalue weighted by molar-refractivity contribution is 7.92. The van der Waals surface area contributed by atoms with Gasteiger partial charge in [0.1, 0.15) is 11.8 Å². The van der Waals surface area contributed by atoms with Crippen LogP contribution in [0, 0.1) is 5.92 Å². The molecule has 1 aliphatic rings. The maximum Gasteiger partial charge on any atom is 0.328 e. The number of carbonyl (C=O) groups is 2. The number of carbonyl (C=O) groups excluding carboxylic acids is 2. The highest BCUT2D eigenvalue weighted by Gasteiger charge is 2.38. The number of nitrogens with one attached hydrogen (secondary N) is 1. The number of methoxy groups -OCH3 is 2. The fourth-order valence-electron chi connectivity index (χ4n) is 4.33. The van der Waals surface area contributed by atoms with E-state index < -0.39 is 22.0 Å². The molecule has 1 N–H and O–H groups in total. The van der Waals surface area contributed by atoms with Crippen molar-refractivity contribution in [1.29, 1.82) is 0 Å². The number of hydrogen-bond acceptors (Lipinski definition) is 6. The van der Waals surface area contributed by atoms with Crippen LogP contribution in [0.4, 0.5) is 5.69 Å². The predicted molar refractivity (Wildman–Crippen MR) is 136 cm³/mol. The molecule has 1 atom stereocenters. The van der Waals surface area contributed by atoms with Gasteiger partial charge in [-0.2, -0.15) is 0 Å². The lowest BCUT2D eigenvalue weighted by Crippen LogP contribution is -2.45. The zero-order valence-electron chi connectivity index (χ0n) is 20.5. The van der Waals surface area contributed by atoms with Crippen LogP contribution in [0.5, 0.6) is 5.75 Å². The molecule has 1 amide bonds. The molecular weight excluding hydrogens is 480 g/mol. The first-order valence-corrected chi connectivity index (χ1v) is 12.9. The molecule has 8 nitrogen and oxygen atoms in total. The van der Waals surface area contributed by atoms with Crippen molar-refractivity contribution in [3.05, 3.63) is 77.9 Å². The van der Waals surface area contributed by atoms with Crippen LogP contribution >= 0.6 is 0 Å². The van der Waals surface area contributed by atoms with E-state index in [1.807, 2.05) is 38.1 Å². The minimum Gasteiger partial charge on any atom is -0.497 e. The minimum absolute atomic E-state index is 0.0931. The smallest absolute Gasteiger partial charge is 0.328 e. The van der Waals surface area contributed by atoms with Crippen molar-refractivity contribution >= 4 is 27.6 Å². The summed E-state index contributed by atoms with van der Waals surface area (Å²) in [6.07, 6.45) is 0. The first-order chi connectivity index (χ1) is 17.1. The summed E-state index contributed by atoms with van der Waals surface area (Å²) in [5.74, 6) is -0.144. The van der Waals surface area contributed by atoms with Crippen molar-refractivity contribution in [2.75, 3.05) is 18.9 Å². The van der Waals surface area contributed by atoms with Crippen molar-refractivity contribution in [2.24, 2.45) is 5.92 Å². The van der Waals surface area contributed by atoms with Gasteiger partial charge in [0.15, 0.2) is 0 Å². The Labute approximate surface area is 210 Å². The fraction of sp³-hybridized carbons (Fsp3) is 0.259. The normalized spacial score (nSPS) is 13.9. The topological polar surface area (TPSA) is 102 Å². The van der Waals surface area contributed by atoms with E-state index in [0.717, 1.165) is 16.7 Å². The van der Waals surface area contributed by atoms with Gasteiger partial charge in [0.05, 0.1) is 19.1 Å². The molecule has 0 fully saturated rings. The lowest BCUT2D eigenvalue weighted by atomic mass is 10.0. The SMILES string of the molecule is COC(=O)[C@H](C(C)C)N1Cc2cc(-c3ccc(NS(=O)(=O)c4ccc(OC)cc4)cc3)ccc2C1=O. The van der Waals surface area contributed by atoms with Crippen LogP contribution in [0.3, 0.4) is 0 Å². The molecular formula is C27H28N2O6S. The summed E-state index contributed by atoms with van der Waals surface area (Å²) in [6.45, 7) is 4.08. The third kappa shape index (κ3) is 4.92. The number of amides is 1. The molecule has 36 heavy (non-hydrogen) atoms. The van der Waals surface area contributed by atoms with Gasteiger partial charge in [-0.3, -0.25) is 9.52 Å². The third-order valence-electron chi connectivity index (χ3n) is 6.19. The molecule has 4 rings (SSSR count). The Balaban J connectivity index is 1.52. The van der Waals surface area contributed by atoms with Gasteiger partial charge in [0.25, 0.3) is 15.9 Å². The average Bonchev–Trinajstić information content (AvgIpc) is 3.19. The quantitative estimate of drug-likeness (QED) is 0.455. The Bertz CT molecular complexity index is 1380. The molecule has 0 aromatic heterocycles. The number of ether oxygens (including phenoxy) is 2. The first kappa shape index (κ1) is 25.2. The number of hydrogen-bond donors (Lipinski definition) is 1. The van der Waals surface area contributed by atoms with E-state index in [2.05, 4.69) is 4.72 Å². The molecule has 0 spiro atoms. The summed E-state index contributed by atoms with van der Waals surface area (Å²) in [5.41, 5.74) is 3.57. The maximum atomic E-state index is 13.0. The van der Waals surface area contributed by atoms with E-state index in [4.69, 9.17) is 9.47 Å². The average molecular weight is 509 g/mol. The van der Waals surface area contributed by atoms with E-state index in [1.165, 1.54) is 26.4 Å². The van der Waals surface area contributed by atoms with Gasteiger partial charge in [-0.1, -0.05) is 32.0 Å². The molecule has 9 heteroatoms. The molecule has 3 aromatic rings. The molecule has 0 saturated heterocycles. The van der Waals surface area contributed by atoms with Crippen molar-refractivity contribution < 1.29 is 27.5 Å². The van der Waals surface area contributed by atoms with E-state index in [9.17, 15) is 18.0 Å². The zero-order chi connectivity index (χ0) is 26.0. The van der Waals surface area contributed by atoms with Crippen LogP contribution in [0.2, 0.25) is 0 Å². The first-order valence-electron chi connectivity index (χ1n) is 11.4. The largest absolute Gasteiger partial charge is 0.497 e. The van der Waals surface area contributed by atoms with Crippen molar-refractivity contribution in [1.82, 2.24) is 4.90 Å². The van der Waals surface area contributed by atoms with Crippen LogP contribution in [0.1, 0.15) is 29.8 Å². The highest BCUT2D eigenvalue weighted by atomic mass is 32.2. The second-order valence-corrected chi connectivity index (χ2v) is 10.6. The number of esters is 1. The van der Waals surface area contributed by atoms with Crippen molar-refractivity contribution in [3.8, 4) is 16.9 Å². The molecule has 0 radical (unpaired) electrons. The summed E-state index contributed by atoms with van der Waals surface area (Å²) >= 11 is 0. The molecule has 0 bridgehead atoms. The monoisotopic (exact) mass is 508 g/mol. The van der Waals surface area contributed by atoms with Gasteiger partial charge in [-0.15, -0.1) is 0 Å². The Morgan fingerprint density at radius 1 is 0.944 bits per heavy atom. The third-order valence-corrected chi connectivity index (χ3v) is 7.58. The maximum absolute atomic E-state index is 13.0.